The van der Waals surface area contributed by atoms with Crippen LogP contribution in [0.5, 0.6) is 5.88 Å². The van der Waals surface area contributed by atoms with Gasteiger partial charge in [0, 0.05) is 14.1 Å². The number of anilines is 1. The van der Waals surface area contributed by atoms with Gasteiger partial charge < -0.3 is 9.67 Å². The van der Waals surface area contributed by atoms with Gasteiger partial charge in [-0.05, 0) is 130 Å². The highest BCUT2D eigenvalue weighted by Crippen LogP contribution is 2.34. The molecule has 0 spiro atoms. The maximum absolute atomic E-state index is 14.0. The number of hydrogen-bond acceptors (Lipinski definition) is 6. The van der Waals surface area contributed by atoms with Crippen molar-refractivity contribution in [3.8, 4) is 11.6 Å². The minimum absolute atomic E-state index is 0. The molecule has 10 heteroatoms. The van der Waals surface area contributed by atoms with E-state index in [1.54, 1.807) is 26.0 Å². The van der Waals surface area contributed by atoms with Gasteiger partial charge in [0.2, 0.25) is 0 Å². The van der Waals surface area contributed by atoms with Crippen molar-refractivity contribution in [3.05, 3.63) is 88.6 Å². The lowest BCUT2D eigenvalue weighted by atomic mass is 9.95. The molecule has 0 N–H and O–H groups in total. The molecule has 1 aliphatic heterocycles. The number of urea groups is 1. The van der Waals surface area contributed by atoms with E-state index >= 15 is 0 Å². The summed E-state index contributed by atoms with van der Waals surface area (Å²) in [5.41, 5.74) is 4.39. The summed E-state index contributed by atoms with van der Waals surface area (Å²) in [6.45, 7) is 16.2. The standard InChI is InChI=1S/C32H36N4O6.CH4/c1-14-12-23(20(7)18(5)16(14)3)35-29(39)25(27(37)33(10)31(35)41)22(9)26-28(38)34(11)32(42)36(30(26)40)24-13-15(2)17(4)19(6)21(24)8;/h12-13,37H,1-11H3;1H4/p-1/b26-22+;. The van der Waals surface area contributed by atoms with Crippen LogP contribution in [0.1, 0.15) is 64.4 Å². The Morgan fingerprint density at radius 2 is 1.14 bits per heavy atom. The number of carbonyl (C=O) groups is 3. The van der Waals surface area contributed by atoms with Crippen LogP contribution in [0.25, 0.3) is 11.3 Å². The lowest BCUT2D eigenvalue weighted by Gasteiger charge is -2.34. The van der Waals surface area contributed by atoms with Crippen molar-refractivity contribution in [2.24, 2.45) is 7.05 Å². The second-order valence-electron chi connectivity index (χ2n) is 11.1. The Hall–Kier alpha value is -4.73. The molecule has 4 amide bonds. The first-order valence-electron chi connectivity index (χ1n) is 13.5. The van der Waals surface area contributed by atoms with E-state index in [1.807, 2.05) is 41.5 Å². The van der Waals surface area contributed by atoms with Gasteiger partial charge in [-0.25, -0.2) is 19.1 Å². The van der Waals surface area contributed by atoms with E-state index in [9.17, 15) is 29.1 Å². The van der Waals surface area contributed by atoms with Crippen LogP contribution in [0, 0.1) is 55.4 Å². The molecule has 10 nitrogen and oxygen atoms in total. The van der Waals surface area contributed by atoms with Crippen LogP contribution in [-0.4, -0.2) is 38.9 Å². The van der Waals surface area contributed by atoms with E-state index < -0.39 is 46.1 Å². The SMILES string of the molecule is C.C/C(=C1/C(=O)N(C)C(=O)N(c2cc(C)c(C)c(C)c2C)C1=O)c1c([O-])n(C)c(=O)n(-c2cc(C)c(C)c(C)c2C)c1=O. The van der Waals surface area contributed by atoms with Crippen LogP contribution in [-0.2, 0) is 16.6 Å². The number of nitrogens with zero attached hydrogens (tertiary/aromatic N) is 4. The maximum Gasteiger partial charge on any atom is 0.338 e. The summed E-state index contributed by atoms with van der Waals surface area (Å²) < 4.78 is 1.68. The Kier molecular flexibility index (Phi) is 8.51. The van der Waals surface area contributed by atoms with Crippen molar-refractivity contribution >= 4 is 29.1 Å². The molecule has 0 atom stereocenters. The summed E-state index contributed by atoms with van der Waals surface area (Å²) in [5.74, 6) is -2.85. The van der Waals surface area contributed by atoms with Gasteiger partial charge >= 0.3 is 11.7 Å². The van der Waals surface area contributed by atoms with Crippen molar-refractivity contribution in [3.63, 3.8) is 0 Å². The Balaban J connectivity index is 0.00000506. The topological polar surface area (TPSA) is 125 Å². The number of amides is 4. The highest BCUT2D eigenvalue weighted by molar-refractivity contribution is 6.40. The first-order chi connectivity index (χ1) is 19.4. The number of hydrogen-bond donors (Lipinski definition) is 0. The number of barbiturate groups is 1. The van der Waals surface area contributed by atoms with E-state index in [2.05, 4.69) is 0 Å². The van der Waals surface area contributed by atoms with Gasteiger partial charge in [-0.2, -0.15) is 0 Å². The highest BCUT2D eigenvalue weighted by atomic mass is 16.3. The number of imide groups is 2. The van der Waals surface area contributed by atoms with Crippen LogP contribution in [0.2, 0.25) is 0 Å². The molecule has 228 valence electrons. The van der Waals surface area contributed by atoms with Gasteiger partial charge in [0.1, 0.15) is 5.57 Å². The lowest BCUT2D eigenvalue weighted by molar-refractivity contribution is -0.280. The van der Waals surface area contributed by atoms with Gasteiger partial charge in [0.25, 0.3) is 17.4 Å². The summed E-state index contributed by atoms with van der Waals surface area (Å²) >= 11 is 0. The zero-order chi connectivity index (χ0) is 31.7. The Labute approximate surface area is 251 Å². The van der Waals surface area contributed by atoms with E-state index in [0.29, 0.717) is 22.5 Å². The number of aromatic nitrogens is 2. The van der Waals surface area contributed by atoms with Crippen molar-refractivity contribution < 1.29 is 19.5 Å². The normalized spacial score (nSPS) is 14.8. The molecule has 0 unspecified atom stereocenters. The number of benzene rings is 2. The highest BCUT2D eigenvalue weighted by Gasteiger charge is 2.43. The van der Waals surface area contributed by atoms with Gasteiger partial charge in [-0.15, -0.1) is 0 Å². The zero-order valence-corrected chi connectivity index (χ0v) is 25.9. The number of aryl methyl sites for hydroxylation is 2. The van der Waals surface area contributed by atoms with Gasteiger partial charge in [-0.3, -0.25) is 19.3 Å². The second kappa shape index (κ2) is 11.2. The first kappa shape index (κ1) is 32.8. The number of allylic oxidation sites excluding steroid dienone is 1. The fraction of sp³-hybridized carbons (Fsp3) is 0.364. The van der Waals surface area contributed by atoms with E-state index in [4.69, 9.17) is 0 Å². The van der Waals surface area contributed by atoms with Crippen molar-refractivity contribution in [2.45, 2.75) is 69.7 Å². The molecular formula is C33H39N4O6-. The molecular weight excluding hydrogens is 548 g/mol. The van der Waals surface area contributed by atoms with Gasteiger partial charge in [0.05, 0.1) is 16.9 Å². The maximum atomic E-state index is 14.0. The summed E-state index contributed by atoms with van der Waals surface area (Å²) in [4.78, 5) is 69.8. The molecule has 2 aromatic carbocycles. The Bertz CT molecular complexity index is 1910. The number of likely N-dealkylation sites (N-methyl/N-ethyl adjacent to an activating group) is 1. The second-order valence-corrected chi connectivity index (χ2v) is 11.1. The predicted octanol–water partition coefficient (Wildman–Crippen LogP) is 4.11. The molecule has 0 radical (unpaired) electrons. The van der Waals surface area contributed by atoms with Crippen molar-refractivity contribution in [1.82, 2.24) is 14.0 Å². The average Bonchev–Trinajstić information content (AvgIpc) is 2.94. The third-order valence-corrected chi connectivity index (χ3v) is 8.97. The van der Waals surface area contributed by atoms with Crippen LogP contribution < -0.4 is 21.3 Å². The monoisotopic (exact) mass is 587 g/mol. The van der Waals surface area contributed by atoms with E-state index in [1.165, 1.54) is 21.0 Å². The van der Waals surface area contributed by atoms with Crippen LogP contribution in [0.15, 0.2) is 27.3 Å². The third kappa shape index (κ3) is 4.70. The first-order valence-corrected chi connectivity index (χ1v) is 13.5. The number of carbonyl (C=O) groups excluding carboxylic acids is 3. The summed E-state index contributed by atoms with van der Waals surface area (Å²) in [6, 6.07) is 2.55. The minimum Gasteiger partial charge on any atom is -0.859 e. The average molecular weight is 588 g/mol. The van der Waals surface area contributed by atoms with Crippen molar-refractivity contribution in [2.75, 3.05) is 11.9 Å². The van der Waals surface area contributed by atoms with Gasteiger partial charge in [-0.1, -0.05) is 7.43 Å². The largest absolute Gasteiger partial charge is 0.859 e. The molecule has 4 rings (SSSR count). The molecule has 1 fully saturated rings. The molecule has 3 aromatic rings. The van der Waals surface area contributed by atoms with E-state index in [-0.39, 0.29) is 13.0 Å². The van der Waals surface area contributed by atoms with Crippen molar-refractivity contribution in [1.29, 1.82) is 0 Å². The minimum atomic E-state index is -0.955. The van der Waals surface area contributed by atoms with E-state index in [0.717, 1.165) is 52.3 Å². The Morgan fingerprint density at radius 3 is 1.65 bits per heavy atom. The molecule has 0 aliphatic carbocycles. The lowest BCUT2D eigenvalue weighted by Crippen LogP contribution is -2.55. The third-order valence-electron chi connectivity index (χ3n) is 8.97. The van der Waals surface area contributed by atoms with Crippen LogP contribution in [0.4, 0.5) is 10.5 Å². The number of rotatable bonds is 3. The summed E-state index contributed by atoms with van der Waals surface area (Å²) in [6.07, 6.45) is 0. The zero-order valence-electron chi connectivity index (χ0n) is 25.9. The molecule has 0 saturated carbocycles. The van der Waals surface area contributed by atoms with Crippen LogP contribution >= 0.6 is 0 Å². The molecule has 1 saturated heterocycles. The van der Waals surface area contributed by atoms with Crippen LogP contribution in [0.3, 0.4) is 0 Å². The fourth-order valence-corrected chi connectivity index (χ4v) is 5.43. The molecule has 0 bridgehead atoms. The molecule has 1 aliphatic rings. The quantitative estimate of drug-likeness (QED) is 0.336. The predicted molar refractivity (Wildman–Crippen MR) is 166 cm³/mol. The molecule has 1 aromatic heterocycles. The molecule has 43 heavy (non-hydrogen) atoms. The van der Waals surface area contributed by atoms with Gasteiger partial charge in [0.15, 0.2) is 0 Å². The fourth-order valence-electron chi connectivity index (χ4n) is 5.43. The smallest absolute Gasteiger partial charge is 0.338 e. The summed E-state index contributed by atoms with van der Waals surface area (Å²) in [7, 11) is 2.47. The summed E-state index contributed by atoms with van der Waals surface area (Å²) in [5, 5.41) is 13.4. The Morgan fingerprint density at radius 1 is 0.674 bits per heavy atom. The molecule has 2 heterocycles.